The Bertz CT molecular complexity index is 1090. The Hall–Kier alpha value is -2.83. The van der Waals surface area contributed by atoms with Crippen molar-refractivity contribution in [1.82, 2.24) is 19.9 Å². The smallest absolute Gasteiger partial charge is 0.320 e. The molecule has 2 saturated heterocycles. The van der Waals surface area contributed by atoms with E-state index < -0.39 is 33.0 Å². The van der Waals surface area contributed by atoms with Gasteiger partial charge in [0.15, 0.2) is 16.5 Å². The van der Waals surface area contributed by atoms with Gasteiger partial charge in [0.05, 0.1) is 11.4 Å². The number of urea groups is 1. The number of benzene rings is 1. The molecule has 9 nitrogen and oxygen atoms in total. The molecule has 0 bridgehead atoms. The molecule has 0 unspecified atom stereocenters. The molecule has 0 atom stereocenters. The number of piperidine rings is 1. The summed E-state index contributed by atoms with van der Waals surface area (Å²) < 4.78 is 69.3. The van der Waals surface area contributed by atoms with Crippen LogP contribution in [0.25, 0.3) is 0 Å². The quantitative estimate of drug-likeness (QED) is 0.634. The molecule has 32 heavy (non-hydrogen) atoms. The summed E-state index contributed by atoms with van der Waals surface area (Å²) >= 11 is 0. The summed E-state index contributed by atoms with van der Waals surface area (Å²) in [7, 11) is -3.76. The predicted octanol–water partition coefficient (Wildman–Crippen LogP) is 2.13. The van der Waals surface area contributed by atoms with Crippen molar-refractivity contribution in [2.45, 2.75) is 37.0 Å². The van der Waals surface area contributed by atoms with Gasteiger partial charge in [0, 0.05) is 44.0 Å². The zero-order valence-corrected chi connectivity index (χ0v) is 18.1. The molecule has 0 N–H and O–H groups in total. The summed E-state index contributed by atoms with van der Waals surface area (Å²) in [6, 6.07) is 1.16. The van der Waals surface area contributed by atoms with Gasteiger partial charge < -0.3 is 19.2 Å². The molecule has 1 aromatic heterocycles. The van der Waals surface area contributed by atoms with Crippen LogP contribution in [0.1, 0.15) is 24.3 Å². The Morgan fingerprint density at radius 1 is 1.12 bits per heavy atom. The highest BCUT2D eigenvalue weighted by Gasteiger charge is 2.36. The number of nitrogens with zero attached hydrogens (tertiary/aromatic N) is 5. The predicted molar refractivity (Wildman–Crippen MR) is 106 cm³/mol. The van der Waals surface area contributed by atoms with Gasteiger partial charge in [0.2, 0.25) is 0 Å². The summed E-state index contributed by atoms with van der Waals surface area (Å²) in [5, 5.41) is 3.75. The van der Waals surface area contributed by atoms with Crippen molar-refractivity contribution in [2.75, 3.05) is 37.3 Å². The third-order valence-corrected chi connectivity index (χ3v) is 6.87. The van der Waals surface area contributed by atoms with Crippen LogP contribution in [0.15, 0.2) is 21.6 Å². The standard InChI is InChI=1S/C19H22F3N5O4S/c1-32(29,30)13-8-15(21)14(16(22)9-13)11-26-6-7-27(19(26)28)12-2-4-25(5-3-12)18-23-17(10-20)31-24-18/h8-9,12H,2-7,10-11H2,1H3. The van der Waals surface area contributed by atoms with Crippen molar-refractivity contribution in [1.29, 1.82) is 0 Å². The second-order valence-electron chi connectivity index (χ2n) is 7.88. The zero-order chi connectivity index (χ0) is 23.0. The first kappa shape index (κ1) is 22.4. The molecule has 174 valence electrons. The van der Waals surface area contributed by atoms with E-state index in [-0.39, 0.29) is 30.1 Å². The van der Waals surface area contributed by atoms with Crippen LogP contribution in [-0.4, -0.2) is 72.9 Å². The highest BCUT2D eigenvalue weighted by molar-refractivity contribution is 7.90. The molecule has 4 rings (SSSR count). The number of alkyl halides is 1. The minimum Gasteiger partial charge on any atom is -0.338 e. The van der Waals surface area contributed by atoms with Crippen LogP contribution in [-0.2, 0) is 23.1 Å². The van der Waals surface area contributed by atoms with Crippen molar-refractivity contribution in [2.24, 2.45) is 0 Å². The number of carbonyl (C=O) groups excluding carboxylic acids is 1. The minimum absolute atomic E-state index is 0.0569. The zero-order valence-electron chi connectivity index (χ0n) is 17.3. The fourth-order valence-corrected chi connectivity index (χ4v) is 4.66. The highest BCUT2D eigenvalue weighted by Crippen LogP contribution is 2.26. The minimum atomic E-state index is -3.76. The summed E-state index contributed by atoms with van der Waals surface area (Å²) in [6.07, 6.45) is 2.13. The van der Waals surface area contributed by atoms with E-state index in [1.807, 2.05) is 4.90 Å². The molecule has 2 aliphatic rings. The maximum Gasteiger partial charge on any atom is 0.320 e. The SMILES string of the molecule is CS(=O)(=O)c1cc(F)c(CN2CCN(C3CCN(c4noc(CF)n4)CC3)C2=O)c(F)c1. The van der Waals surface area contributed by atoms with E-state index in [0.29, 0.717) is 45.0 Å². The molecule has 2 aliphatic heterocycles. The number of aromatic nitrogens is 2. The van der Waals surface area contributed by atoms with Gasteiger partial charge in [-0.3, -0.25) is 0 Å². The molecule has 13 heteroatoms. The second-order valence-corrected chi connectivity index (χ2v) is 9.89. The summed E-state index contributed by atoms with van der Waals surface area (Å²) in [5.74, 6) is -1.78. The van der Waals surface area contributed by atoms with E-state index in [0.717, 1.165) is 18.4 Å². The number of hydrogen-bond acceptors (Lipinski definition) is 7. The van der Waals surface area contributed by atoms with Crippen LogP contribution < -0.4 is 4.90 Å². The van der Waals surface area contributed by atoms with Crippen LogP contribution >= 0.6 is 0 Å². The first-order valence-electron chi connectivity index (χ1n) is 10.0. The molecule has 2 amide bonds. The first-order valence-corrected chi connectivity index (χ1v) is 11.9. The van der Waals surface area contributed by atoms with E-state index in [1.165, 1.54) is 4.90 Å². The van der Waals surface area contributed by atoms with Crippen molar-refractivity contribution >= 4 is 21.8 Å². The number of anilines is 1. The number of rotatable bonds is 6. The Morgan fingerprint density at radius 3 is 2.34 bits per heavy atom. The van der Waals surface area contributed by atoms with Crippen LogP contribution in [0.2, 0.25) is 0 Å². The van der Waals surface area contributed by atoms with E-state index in [1.54, 1.807) is 4.90 Å². The van der Waals surface area contributed by atoms with E-state index >= 15 is 0 Å². The number of amides is 2. The molecule has 0 radical (unpaired) electrons. The largest absolute Gasteiger partial charge is 0.338 e. The summed E-state index contributed by atoms with van der Waals surface area (Å²) in [6.45, 7) is 0.704. The second kappa shape index (κ2) is 8.60. The third-order valence-electron chi connectivity index (χ3n) is 5.78. The molecule has 0 aliphatic carbocycles. The Labute approximate surface area is 182 Å². The topological polar surface area (TPSA) is 99.9 Å². The molecule has 0 spiro atoms. The molecule has 2 aromatic rings. The van der Waals surface area contributed by atoms with Crippen LogP contribution in [0.4, 0.5) is 23.9 Å². The van der Waals surface area contributed by atoms with E-state index in [4.69, 9.17) is 4.52 Å². The Morgan fingerprint density at radius 2 is 1.78 bits per heavy atom. The van der Waals surface area contributed by atoms with Gasteiger partial charge in [-0.2, -0.15) is 4.98 Å². The maximum absolute atomic E-state index is 14.4. The molecule has 1 aromatic carbocycles. The van der Waals surface area contributed by atoms with Gasteiger partial charge in [-0.1, -0.05) is 0 Å². The van der Waals surface area contributed by atoms with Gasteiger partial charge in [0.25, 0.3) is 11.8 Å². The lowest BCUT2D eigenvalue weighted by Crippen LogP contribution is -2.46. The van der Waals surface area contributed by atoms with Crippen molar-refractivity contribution in [3.63, 3.8) is 0 Å². The van der Waals surface area contributed by atoms with Crippen LogP contribution in [0.5, 0.6) is 0 Å². The van der Waals surface area contributed by atoms with Gasteiger partial charge in [-0.25, -0.2) is 26.4 Å². The lowest BCUT2D eigenvalue weighted by atomic mass is 10.0. The average molecular weight is 473 g/mol. The molecular weight excluding hydrogens is 451 g/mol. The van der Waals surface area contributed by atoms with Gasteiger partial charge >= 0.3 is 6.03 Å². The Balaban J connectivity index is 1.39. The molecule has 2 fully saturated rings. The van der Waals surface area contributed by atoms with Gasteiger partial charge in [0.1, 0.15) is 11.6 Å². The normalized spacial score (nSPS) is 18.1. The number of sulfone groups is 1. The summed E-state index contributed by atoms with van der Waals surface area (Å²) in [5.41, 5.74) is -0.344. The van der Waals surface area contributed by atoms with Crippen LogP contribution in [0, 0.1) is 11.6 Å². The molecular formula is C19H22F3N5O4S. The molecule has 0 saturated carbocycles. The maximum atomic E-state index is 14.4. The third kappa shape index (κ3) is 4.38. The number of carbonyl (C=O) groups is 1. The van der Waals surface area contributed by atoms with Crippen molar-refractivity contribution < 1.29 is 30.9 Å². The lowest BCUT2D eigenvalue weighted by molar-refractivity contribution is 0.166. The average Bonchev–Trinajstić information content (AvgIpc) is 3.37. The van der Waals surface area contributed by atoms with Crippen LogP contribution in [0.3, 0.4) is 0 Å². The first-order chi connectivity index (χ1) is 15.2. The lowest BCUT2D eigenvalue weighted by Gasteiger charge is -2.35. The van der Waals surface area contributed by atoms with Crippen molar-refractivity contribution in [3.8, 4) is 0 Å². The summed E-state index contributed by atoms with van der Waals surface area (Å²) in [4.78, 5) is 21.3. The monoisotopic (exact) mass is 473 g/mol. The van der Waals surface area contributed by atoms with Gasteiger partial charge in [-0.05, 0) is 30.1 Å². The fourth-order valence-electron chi connectivity index (χ4n) is 4.03. The molecule has 3 heterocycles. The van der Waals surface area contributed by atoms with E-state index in [9.17, 15) is 26.4 Å². The fraction of sp³-hybridized carbons (Fsp3) is 0.526. The highest BCUT2D eigenvalue weighted by atomic mass is 32.2. The van der Waals surface area contributed by atoms with E-state index in [2.05, 4.69) is 10.1 Å². The number of halogens is 3. The van der Waals surface area contributed by atoms with Crippen molar-refractivity contribution in [3.05, 3.63) is 35.2 Å². The number of hydrogen-bond donors (Lipinski definition) is 0. The van der Waals surface area contributed by atoms with Gasteiger partial charge in [-0.15, -0.1) is 0 Å². The Kier molecular flexibility index (Phi) is 6.01.